The number of carbonyl (C=O) groups excluding carboxylic acids is 1. The third-order valence-electron chi connectivity index (χ3n) is 3.97. The largest absolute Gasteiger partial charge is 0.361 e. The van der Waals surface area contributed by atoms with Crippen LogP contribution in [0.1, 0.15) is 17.5 Å². The second-order valence-corrected chi connectivity index (χ2v) is 6.41. The molecule has 1 aromatic heterocycles. The molecule has 23 heavy (non-hydrogen) atoms. The molecule has 1 amide bonds. The van der Waals surface area contributed by atoms with Crippen molar-refractivity contribution in [3.8, 4) is 0 Å². The zero-order valence-corrected chi connectivity index (χ0v) is 14.4. The van der Waals surface area contributed by atoms with Gasteiger partial charge in [-0.15, -0.1) is 0 Å². The fourth-order valence-corrected chi connectivity index (χ4v) is 3.20. The Labute approximate surface area is 144 Å². The Hall–Kier alpha value is -2.07. The second kappa shape index (κ2) is 7.47. The summed E-state index contributed by atoms with van der Waals surface area (Å²) < 4.78 is 1.06. The molecule has 1 heterocycles. The van der Waals surface area contributed by atoms with Gasteiger partial charge in [0.2, 0.25) is 5.91 Å². The van der Waals surface area contributed by atoms with Crippen molar-refractivity contribution in [3.05, 3.63) is 70.3 Å². The predicted octanol–water partition coefficient (Wildman–Crippen LogP) is 4.22. The molecule has 0 radical (unpaired) electrons. The highest BCUT2D eigenvalue weighted by Gasteiger charge is 2.06. The van der Waals surface area contributed by atoms with Crippen molar-refractivity contribution < 1.29 is 4.79 Å². The molecule has 0 unspecified atom stereocenters. The number of nitrogens with one attached hydrogen (secondary N) is 2. The zero-order chi connectivity index (χ0) is 16.1. The van der Waals surface area contributed by atoms with E-state index < -0.39 is 0 Å². The fraction of sp³-hybridized carbons (Fsp3) is 0.211. The molecule has 0 saturated heterocycles. The lowest BCUT2D eigenvalue weighted by molar-refractivity contribution is -0.121. The van der Waals surface area contributed by atoms with E-state index in [1.165, 1.54) is 16.5 Å². The summed E-state index contributed by atoms with van der Waals surface area (Å²) in [6, 6.07) is 16.3. The summed E-state index contributed by atoms with van der Waals surface area (Å²) in [7, 11) is 0. The van der Waals surface area contributed by atoms with Crippen LogP contribution in [0.15, 0.2) is 59.2 Å². The maximum atomic E-state index is 12.0. The van der Waals surface area contributed by atoms with Gasteiger partial charge < -0.3 is 10.3 Å². The molecule has 118 valence electrons. The van der Waals surface area contributed by atoms with Gasteiger partial charge in [-0.25, -0.2) is 0 Å². The highest BCUT2D eigenvalue weighted by Crippen LogP contribution is 2.18. The van der Waals surface area contributed by atoms with Crippen molar-refractivity contribution in [2.75, 3.05) is 6.54 Å². The van der Waals surface area contributed by atoms with Gasteiger partial charge in [0, 0.05) is 34.5 Å². The molecule has 3 nitrogen and oxygen atoms in total. The Morgan fingerprint density at radius 3 is 2.65 bits per heavy atom. The molecule has 0 bridgehead atoms. The molecule has 3 aromatic rings. The van der Waals surface area contributed by atoms with Crippen molar-refractivity contribution in [2.45, 2.75) is 19.3 Å². The van der Waals surface area contributed by atoms with Gasteiger partial charge in [0.15, 0.2) is 0 Å². The van der Waals surface area contributed by atoms with Crippen molar-refractivity contribution >= 4 is 32.7 Å². The van der Waals surface area contributed by atoms with E-state index in [0.29, 0.717) is 13.0 Å². The number of benzene rings is 2. The lowest BCUT2D eigenvalue weighted by Gasteiger charge is -2.06. The topological polar surface area (TPSA) is 44.9 Å². The minimum absolute atomic E-state index is 0.0978. The van der Waals surface area contributed by atoms with Crippen LogP contribution in [0.5, 0.6) is 0 Å². The molecule has 0 spiro atoms. The Balaban J connectivity index is 1.47. The first-order chi connectivity index (χ1) is 11.2. The van der Waals surface area contributed by atoms with Gasteiger partial charge in [0.05, 0.1) is 0 Å². The van der Waals surface area contributed by atoms with E-state index in [4.69, 9.17) is 0 Å². The highest BCUT2D eigenvalue weighted by atomic mass is 79.9. The smallest absolute Gasteiger partial charge is 0.220 e. The fourth-order valence-electron chi connectivity index (χ4n) is 2.71. The maximum absolute atomic E-state index is 12.0. The van der Waals surface area contributed by atoms with E-state index in [0.717, 1.165) is 22.8 Å². The number of hydrogen-bond acceptors (Lipinski definition) is 1. The summed E-state index contributed by atoms with van der Waals surface area (Å²) in [5, 5.41) is 4.24. The first kappa shape index (κ1) is 15.8. The van der Waals surface area contributed by atoms with Gasteiger partial charge in [-0.3, -0.25) is 4.79 Å². The SMILES string of the molecule is O=C(CCc1ccccc1Br)NCCc1c[nH]c2ccccc12. The van der Waals surface area contributed by atoms with Crippen LogP contribution >= 0.6 is 15.9 Å². The van der Waals surface area contributed by atoms with Crippen LogP contribution in [0.3, 0.4) is 0 Å². The van der Waals surface area contributed by atoms with E-state index in [9.17, 15) is 4.79 Å². The van der Waals surface area contributed by atoms with Crippen LogP contribution < -0.4 is 5.32 Å². The predicted molar refractivity (Wildman–Crippen MR) is 97.5 cm³/mol. The molecule has 3 rings (SSSR count). The summed E-state index contributed by atoms with van der Waals surface area (Å²) in [4.78, 5) is 15.2. The molecule has 0 saturated carbocycles. The van der Waals surface area contributed by atoms with Gasteiger partial charge in [-0.05, 0) is 36.1 Å². The lowest BCUT2D eigenvalue weighted by Crippen LogP contribution is -2.25. The number of para-hydroxylation sites is 1. The molecule has 0 fully saturated rings. The summed E-state index contributed by atoms with van der Waals surface area (Å²) in [6.45, 7) is 0.663. The Kier molecular flexibility index (Phi) is 5.13. The summed E-state index contributed by atoms with van der Waals surface area (Å²) in [5.41, 5.74) is 3.55. The van der Waals surface area contributed by atoms with Crippen LogP contribution in [0.2, 0.25) is 0 Å². The van der Waals surface area contributed by atoms with Gasteiger partial charge >= 0.3 is 0 Å². The van der Waals surface area contributed by atoms with E-state index >= 15 is 0 Å². The number of hydrogen-bond donors (Lipinski definition) is 2. The first-order valence-corrected chi connectivity index (χ1v) is 8.58. The number of H-pyrrole nitrogens is 1. The van der Waals surface area contributed by atoms with E-state index in [1.807, 2.05) is 42.6 Å². The molecule has 4 heteroatoms. The molecule has 2 N–H and O–H groups in total. The van der Waals surface area contributed by atoms with Gasteiger partial charge in [0.1, 0.15) is 0 Å². The quantitative estimate of drug-likeness (QED) is 0.670. The number of carbonyl (C=O) groups is 1. The van der Waals surface area contributed by atoms with Crippen LogP contribution in [0.25, 0.3) is 10.9 Å². The minimum Gasteiger partial charge on any atom is -0.361 e. The minimum atomic E-state index is 0.0978. The Bertz CT molecular complexity index is 810. The van der Waals surface area contributed by atoms with Crippen molar-refractivity contribution in [3.63, 3.8) is 0 Å². The molecular formula is C19H19BrN2O. The molecule has 0 aliphatic rings. The third kappa shape index (κ3) is 4.02. The van der Waals surface area contributed by atoms with Crippen LogP contribution in [0.4, 0.5) is 0 Å². The molecule has 2 aromatic carbocycles. The molecule has 0 atom stereocenters. The lowest BCUT2D eigenvalue weighted by atomic mass is 10.1. The van der Waals surface area contributed by atoms with Crippen molar-refractivity contribution in [2.24, 2.45) is 0 Å². The van der Waals surface area contributed by atoms with Crippen LogP contribution in [0, 0.1) is 0 Å². The molecular weight excluding hydrogens is 352 g/mol. The number of rotatable bonds is 6. The summed E-state index contributed by atoms with van der Waals surface area (Å²) >= 11 is 3.51. The number of aromatic nitrogens is 1. The molecule has 0 aliphatic heterocycles. The Morgan fingerprint density at radius 2 is 1.78 bits per heavy atom. The van der Waals surface area contributed by atoms with Gasteiger partial charge in [-0.2, -0.15) is 0 Å². The monoisotopic (exact) mass is 370 g/mol. The summed E-state index contributed by atoms with van der Waals surface area (Å²) in [5.74, 6) is 0.0978. The number of aryl methyl sites for hydroxylation is 1. The normalized spacial score (nSPS) is 10.8. The third-order valence-corrected chi connectivity index (χ3v) is 4.74. The van der Waals surface area contributed by atoms with E-state index in [2.05, 4.69) is 38.4 Å². The van der Waals surface area contributed by atoms with Crippen LogP contribution in [-0.2, 0) is 17.6 Å². The standard InChI is InChI=1S/C19H19BrN2O/c20-17-7-3-1-5-14(17)9-10-19(23)21-12-11-15-13-22-18-8-4-2-6-16(15)18/h1-8,13,22H,9-12H2,(H,21,23). The second-order valence-electron chi connectivity index (χ2n) is 5.55. The average Bonchev–Trinajstić information content (AvgIpc) is 2.98. The average molecular weight is 371 g/mol. The van der Waals surface area contributed by atoms with Gasteiger partial charge in [-0.1, -0.05) is 52.3 Å². The first-order valence-electron chi connectivity index (χ1n) is 7.79. The van der Waals surface area contributed by atoms with Crippen LogP contribution in [-0.4, -0.2) is 17.4 Å². The van der Waals surface area contributed by atoms with E-state index in [1.54, 1.807) is 0 Å². The maximum Gasteiger partial charge on any atom is 0.220 e. The Morgan fingerprint density at radius 1 is 1.00 bits per heavy atom. The number of halogens is 1. The van der Waals surface area contributed by atoms with Crippen molar-refractivity contribution in [1.82, 2.24) is 10.3 Å². The van der Waals surface area contributed by atoms with Crippen molar-refractivity contribution in [1.29, 1.82) is 0 Å². The van der Waals surface area contributed by atoms with E-state index in [-0.39, 0.29) is 5.91 Å². The zero-order valence-electron chi connectivity index (χ0n) is 12.8. The highest BCUT2D eigenvalue weighted by molar-refractivity contribution is 9.10. The number of fused-ring (bicyclic) bond motifs is 1. The number of amides is 1. The summed E-state index contributed by atoms with van der Waals surface area (Å²) in [6.07, 6.45) is 4.12. The number of aromatic amines is 1. The van der Waals surface area contributed by atoms with Gasteiger partial charge in [0.25, 0.3) is 0 Å². The molecule has 0 aliphatic carbocycles.